The quantitative estimate of drug-likeness (QED) is 0.603. The Morgan fingerprint density at radius 3 is 2.44 bits per heavy atom. The maximum absolute atomic E-state index is 13.0. The summed E-state index contributed by atoms with van der Waals surface area (Å²) in [5.74, 6) is 0.394. The van der Waals surface area contributed by atoms with Gasteiger partial charge in [-0.25, -0.2) is 4.39 Å². The molecule has 2 saturated heterocycles. The van der Waals surface area contributed by atoms with Crippen LogP contribution in [0.4, 0.5) is 4.39 Å². The van der Waals surface area contributed by atoms with Crippen LogP contribution < -0.4 is 5.32 Å². The number of nitrogens with zero attached hydrogens (tertiary/aromatic N) is 1. The standard InChI is InChI=1S/C16H16FN.C11H13NO2/c17-14-7-5-12(6-8-14)15-3-1-2-4-16(15)13-9-10-18-11-13;13-9-12-6-7-14-8-11(12)10-4-2-1-3-5-10/h1-8,13,18H,9-11H2;1-5,9,11H,6-8H2. The maximum atomic E-state index is 13.0. The molecule has 0 radical (unpaired) electrons. The first kappa shape index (κ1) is 22.2. The van der Waals surface area contributed by atoms with Gasteiger partial charge in [0.1, 0.15) is 5.82 Å². The Balaban J connectivity index is 0.000000158. The number of amides is 1. The van der Waals surface area contributed by atoms with Crippen LogP contribution in [-0.2, 0) is 9.53 Å². The molecule has 166 valence electrons. The van der Waals surface area contributed by atoms with Gasteiger partial charge in [-0.3, -0.25) is 4.79 Å². The Labute approximate surface area is 189 Å². The molecule has 2 atom stereocenters. The third-order valence-electron chi connectivity index (χ3n) is 6.11. The fraction of sp³-hybridized carbons (Fsp3) is 0.296. The fourth-order valence-corrected chi connectivity index (χ4v) is 4.37. The summed E-state index contributed by atoms with van der Waals surface area (Å²) in [5.41, 5.74) is 4.83. The monoisotopic (exact) mass is 432 g/mol. The van der Waals surface area contributed by atoms with Crippen molar-refractivity contribution in [3.8, 4) is 11.1 Å². The lowest BCUT2D eigenvalue weighted by molar-refractivity contribution is -0.126. The van der Waals surface area contributed by atoms with Crippen LogP contribution >= 0.6 is 0 Å². The number of hydrogen-bond donors (Lipinski definition) is 1. The number of halogens is 1. The molecule has 2 fully saturated rings. The average molecular weight is 433 g/mol. The highest BCUT2D eigenvalue weighted by atomic mass is 19.1. The van der Waals surface area contributed by atoms with Crippen molar-refractivity contribution in [2.24, 2.45) is 0 Å². The summed E-state index contributed by atoms with van der Waals surface area (Å²) in [6.07, 6.45) is 2.08. The second kappa shape index (κ2) is 11.0. The summed E-state index contributed by atoms with van der Waals surface area (Å²) >= 11 is 0. The zero-order chi connectivity index (χ0) is 22.2. The number of ether oxygens (including phenoxy) is 1. The molecular formula is C27H29FN2O2. The number of hydrogen-bond acceptors (Lipinski definition) is 3. The van der Waals surface area contributed by atoms with Crippen molar-refractivity contribution in [1.82, 2.24) is 10.2 Å². The Kier molecular flexibility index (Phi) is 7.64. The molecule has 0 bridgehead atoms. The molecule has 5 heteroatoms. The zero-order valence-electron chi connectivity index (χ0n) is 18.1. The first-order valence-electron chi connectivity index (χ1n) is 11.2. The fourth-order valence-electron chi connectivity index (χ4n) is 4.37. The van der Waals surface area contributed by atoms with Gasteiger partial charge in [-0.05, 0) is 53.3 Å². The van der Waals surface area contributed by atoms with E-state index in [1.54, 1.807) is 4.90 Å². The summed E-state index contributed by atoms with van der Waals surface area (Å²) in [6.45, 7) is 4.05. The van der Waals surface area contributed by atoms with E-state index in [1.807, 2.05) is 48.5 Å². The SMILES string of the molecule is Fc1ccc(-c2ccccc2C2CCNC2)cc1.O=CN1CCOCC1c1ccccc1. The topological polar surface area (TPSA) is 41.6 Å². The molecule has 5 rings (SSSR count). The molecule has 32 heavy (non-hydrogen) atoms. The van der Waals surface area contributed by atoms with E-state index in [0.717, 1.165) is 30.6 Å². The van der Waals surface area contributed by atoms with Crippen molar-refractivity contribution in [2.75, 3.05) is 32.8 Å². The van der Waals surface area contributed by atoms with E-state index in [0.29, 0.717) is 25.7 Å². The number of carbonyl (C=O) groups excluding carboxylic acids is 1. The second-order valence-electron chi connectivity index (χ2n) is 8.13. The molecule has 0 aromatic heterocycles. The molecule has 0 spiro atoms. The van der Waals surface area contributed by atoms with Crippen molar-refractivity contribution in [1.29, 1.82) is 0 Å². The van der Waals surface area contributed by atoms with Crippen LogP contribution in [0, 0.1) is 5.82 Å². The lowest BCUT2D eigenvalue weighted by Crippen LogP contribution is -2.38. The van der Waals surface area contributed by atoms with Crippen LogP contribution in [0.5, 0.6) is 0 Å². The van der Waals surface area contributed by atoms with Gasteiger partial charge in [0.05, 0.1) is 19.3 Å². The van der Waals surface area contributed by atoms with Crippen LogP contribution in [0.15, 0.2) is 78.9 Å². The molecule has 2 aliphatic rings. The highest BCUT2D eigenvalue weighted by Gasteiger charge is 2.22. The van der Waals surface area contributed by atoms with Gasteiger partial charge in [0.25, 0.3) is 0 Å². The summed E-state index contributed by atoms with van der Waals surface area (Å²) in [7, 11) is 0. The molecule has 2 aliphatic heterocycles. The van der Waals surface area contributed by atoms with E-state index < -0.39 is 0 Å². The zero-order valence-corrected chi connectivity index (χ0v) is 18.1. The van der Waals surface area contributed by atoms with Gasteiger partial charge in [0.2, 0.25) is 6.41 Å². The minimum absolute atomic E-state index is 0.0856. The van der Waals surface area contributed by atoms with Crippen LogP contribution in [0.1, 0.15) is 29.5 Å². The van der Waals surface area contributed by atoms with Gasteiger partial charge < -0.3 is 15.0 Å². The van der Waals surface area contributed by atoms with Gasteiger partial charge in [-0.15, -0.1) is 0 Å². The first-order chi connectivity index (χ1) is 15.8. The number of nitrogens with one attached hydrogen (secondary N) is 1. The van der Waals surface area contributed by atoms with Crippen molar-refractivity contribution >= 4 is 6.41 Å². The van der Waals surface area contributed by atoms with Crippen LogP contribution in [0.25, 0.3) is 11.1 Å². The molecule has 0 saturated carbocycles. The van der Waals surface area contributed by atoms with E-state index in [4.69, 9.17) is 4.74 Å². The lowest BCUT2D eigenvalue weighted by Gasteiger charge is -2.32. The Morgan fingerprint density at radius 2 is 1.72 bits per heavy atom. The maximum Gasteiger partial charge on any atom is 0.210 e. The highest BCUT2D eigenvalue weighted by Crippen LogP contribution is 2.32. The first-order valence-corrected chi connectivity index (χ1v) is 11.2. The number of carbonyl (C=O) groups is 1. The Bertz CT molecular complexity index is 988. The molecule has 0 aliphatic carbocycles. The van der Waals surface area contributed by atoms with Crippen molar-refractivity contribution < 1.29 is 13.9 Å². The largest absolute Gasteiger partial charge is 0.377 e. The Hall–Kier alpha value is -3.02. The number of rotatable bonds is 4. The highest BCUT2D eigenvalue weighted by molar-refractivity contribution is 5.68. The van der Waals surface area contributed by atoms with Crippen LogP contribution in [0.3, 0.4) is 0 Å². The third kappa shape index (κ3) is 5.42. The molecule has 1 N–H and O–H groups in total. The summed E-state index contributed by atoms with van der Waals surface area (Å²) in [5, 5.41) is 3.40. The van der Waals surface area contributed by atoms with Crippen LogP contribution in [0.2, 0.25) is 0 Å². The molecule has 2 heterocycles. The van der Waals surface area contributed by atoms with E-state index in [2.05, 4.69) is 23.5 Å². The van der Waals surface area contributed by atoms with E-state index in [1.165, 1.54) is 29.7 Å². The van der Waals surface area contributed by atoms with E-state index >= 15 is 0 Å². The predicted molar refractivity (Wildman–Crippen MR) is 125 cm³/mol. The number of morpholine rings is 1. The van der Waals surface area contributed by atoms with Gasteiger partial charge in [-0.2, -0.15) is 0 Å². The van der Waals surface area contributed by atoms with Gasteiger partial charge in [0, 0.05) is 13.1 Å². The van der Waals surface area contributed by atoms with Crippen LogP contribution in [-0.4, -0.2) is 44.2 Å². The lowest BCUT2D eigenvalue weighted by atomic mass is 9.90. The molecule has 3 aromatic carbocycles. The summed E-state index contributed by atoms with van der Waals surface area (Å²) < 4.78 is 18.4. The molecule has 4 nitrogen and oxygen atoms in total. The second-order valence-corrected chi connectivity index (χ2v) is 8.13. The minimum atomic E-state index is -0.182. The molecule has 3 aromatic rings. The van der Waals surface area contributed by atoms with E-state index in [-0.39, 0.29) is 11.9 Å². The average Bonchev–Trinajstić information content (AvgIpc) is 3.40. The predicted octanol–water partition coefficient (Wildman–Crippen LogP) is 4.79. The van der Waals surface area contributed by atoms with E-state index in [9.17, 15) is 9.18 Å². The van der Waals surface area contributed by atoms with Crippen molar-refractivity contribution in [3.05, 3.63) is 95.8 Å². The molecule has 2 unspecified atom stereocenters. The van der Waals surface area contributed by atoms with Gasteiger partial charge in [0.15, 0.2) is 0 Å². The summed E-state index contributed by atoms with van der Waals surface area (Å²) in [4.78, 5) is 12.6. The number of benzene rings is 3. The van der Waals surface area contributed by atoms with Gasteiger partial charge in [-0.1, -0.05) is 66.7 Å². The summed E-state index contributed by atoms with van der Waals surface area (Å²) in [6, 6.07) is 25.3. The normalized spacial score (nSPS) is 20.3. The Morgan fingerprint density at radius 1 is 0.969 bits per heavy atom. The van der Waals surface area contributed by atoms with Gasteiger partial charge >= 0.3 is 0 Å². The van der Waals surface area contributed by atoms with Crippen molar-refractivity contribution in [3.63, 3.8) is 0 Å². The third-order valence-corrected chi connectivity index (χ3v) is 6.11. The minimum Gasteiger partial charge on any atom is -0.377 e. The molecule has 1 amide bonds. The van der Waals surface area contributed by atoms with Crippen molar-refractivity contribution in [2.45, 2.75) is 18.4 Å². The molecular weight excluding hydrogens is 403 g/mol. The smallest absolute Gasteiger partial charge is 0.210 e.